The molecule has 130 valence electrons. The lowest BCUT2D eigenvalue weighted by atomic mass is 10.1. The first kappa shape index (κ1) is 16.0. The molecule has 1 atom stereocenters. The number of piperidine rings is 1. The van der Waals surface area contributed by atoms with E-state index in [0.717, 1.165) is 43.8 Å². The number of aromatic nitrogens is 3. The first-order valence-corrected chi connectivity index (χ1v) is 8.46. The van der Waals surface area contributed by atoms with Crippen LogP contribution in [-0.2, 0) is 17.9 Å². The maximum Gasteiger partial charge on any atom is 0.252 e. The molecular formula is C18H20N4O3. The van der Waals surface area contributed by atoms with E-state index < -0.39 is 0 Å². The highest BCUT2D eigenvalue weighted by Crippen LogP contribution is 2.19. The third kappa shape index (κ3) is 4.12. The van der Waals surface area contributed by atoms with Gasteiger partial charge in [0.25, 0.3) is 5.89 Å². The van der Waals surface area contributed by atoms with Crippen LogP contribution in [0.25, 0.3) is 11.4 Å². The molecule has 3 aromatic rings. The third-order valence-corrected chi connectivity index (χ3v) is 4.27. The van der Waals surface area contributed by atoms with Gasteiger partial charge in [0.15, 0.2) is 0 Å². The van der Waals surface area contributed by atoms with Gasteiger partial charge in [0.05, 0.1) is 18.9 Å². The Morgan fingerprint density at radius 1 is 1.24 bits per heavy atom. The highest BCUT2D eigenvalue weighted by Gasteiger charge is 2.22. The molecule has 1 fully saturated rings. The zero-order chi connectivity index (χ0) is 16.9. The molecule has 0 N–H and O–H groups in total. The largest absolute Gasteiger partial charge is 0.468 e. The molecule has 0 radical (unpaired) electrons. The molecule has 0 aromatic carbocycles. The van der Waals surface area contributed by atoms with E-state index in [1.54, 1.807) is 18.7 Å². The van der Waals surface area contributed by atoms with Crippen molar-refractivity contribution in [2.24, 2.45) is 0 Å². The van der Waals surface area contributed by atoms with Gasteiger partial charge in [-0.05, 0) is 43.7 Å². The van der Waals surface area contributed by atoms with Gasteiger partial charge in [-0.3, -0.25) is 9.88 Å². The minimum Gasteiger partial charge on any atom is -0.468 e. The minimum absolute atomic E-state index is 0.167. The van der Waals surface area contributed by atoms with Crippen LogP contribution in [-0.4, -0.2) is 39.2 Å². The molecule has 3 aromatic heterocycles. The van der Waals surface area contributed by atoms with Gasteiger partial charge in [0.1, 0.15) is 12.4 Å². The number of hydrogen-bond donors (Lipinski definition) is 0. The molecular weight excluding hydrogens is 320 g/mol. The van der Waals surface area contributed by atoms with Gasteiger partial charge < -0.3 is 13.7 Å². The van der Waals surface area contributed by atoms with Crippen molar-refractivity contribution >= 4 is 0 Å². The summed E-state index contributed by atoms with van der Waals surface area (Å²) in [4.78, 5) is 10.7. The summed E-state index contributed by atoms with van der Waals surface area (Å²) in [6.07, 6.45) is 7.44. The number of ether oxygens (including phenoxy) is 1. The molecule has 4 heterocycles. The fourth-order valence-corrected chi connectivity index (χ4v) is 3.04. The fourth-order valence-electron chi connectivity index (χ4n) is 3.04. The smallest absolute Gasteiger partial charge is 0.252 e. The third-order valence-electron chi connectivity index (χ3n) is 4.27. The van der Waals surface area contributed by atoms with Crippen molar-refractivity contribution in [1.82, 2.24) is 20.0 Å². The highest BCUT2D eigenvalue weighted by atomic mass is 16.5. The van der Waals surface area contributed by atoms with E-state index in [2.05, 4.69) is 20.0 Å². The molecule has 0 amide bonds. The Hall–Kier alpha value is -2.51. The van der Waals surface area contributed by atoms with Crippen LogP contribution < -0.4 is 0 Å². The molecule has 1 unspecified atom stereocenters. The van der Waals surface area contributed by atoms with Gasteiger partial charge >= 0.3 is 0 Å². The van der Waals surface area contributed by atoms with Crippen molar-refractivity contribution < 1.29 is 13.7 Å². The van der Waals surface area contributed by atoms with Crippen LogP contribution in [0.2, 0.25) is 0 Å². The number of nitrogens with zero attached hydrogens (tertiary/aromatic N) is 4. The lowest BCUT2D eigenvalue weighted by Gasteiger charge is -2.31. The van der Waals surface area contributed by atoms with Crippen molar-refractivity contribution in [2.45, 2.75) is 32.1 Å². The van der Waals surface area contributed by atoms with Gasteiger partial charge in [0, 0.05) is 24.5 Å². The zero-order valence-corrected chi connectivity index (χ0v) is 13.9. The number of pyridine rings is 1. The molecule has 25 heavy (non-hydrogen) atoms. The maximum atomic E-state index is 5.99. The average Bonchev–Trinajstić information content (AvgIpc) is 3.33. The first-order chi connectivity index (χ1) is 12.4. The van der Waals surface area contributed by atoms with Crippen LogP contribution in [0.3, 0.4) is 0 Å². The molecule has 1 aliphatic rings. The van der Waals surface area contributed by atoms with Gasteiger partial charge in [0.2, 0.25) is 5.82 Å². The Balaban J connectivity index is 1.30. The lowest BCUT2D eigenvalue weighted by molar-refractivity contribution is -0.0222. The molecule has 0 bridgehead atoms. The van der Waals surface area contributed by atoms with E-state index in [-0.39, 0.29) is 6.10 Å². The Bertz CT molecular complexity index is 773. The summed E-state index contributed by atoms with van der Waals surface area (Å²) < 4.78 is 16.7. The minimum atomic E-state index is 0.167. The second kappa shape index (κ2) is 7.58. The molecule has 0 aliphatic carbocycles. The Morgan fingerprint density at radius 3 is 3.00 bits per heavy atom. The quantitative estimate of drug-likeness (QED) is 0.683. The van der Waals surface area contributed by atoms with Crippen LogP contribution in [0.15, 0.2) is 51.9 Å². The van der Waals surface area contributed by atoms with Crippen LogP contribution in [0, 0.1) is 0 Å². The van der Waals surface area contributed by atoms with E-state index in [9.17, 15) is 0 Å². The summed E-state index contributed by atoms with van der Waals surface area (Å²) >= 11 is 0. The second-order valence-corrected chi connectivity index (χ2v) is 6.14. The van der Waals surface area contributed by atoms with Crippen molar-refractivity contribution in [3.63, 3.8) is 0 Å². The molecule has 0 spiro atoms. The Kier molecular flexibility index (Phi) is 4.85. The molecule has 1 saturated heterocycles. The number of likely N-dealkylation sites (tertiary alicyclic amines) is 1. The van der Waals surface area contributed by atoms with Crippen molar-refractivity contribution in [3.8, 4) is 11.4 Å². The van der Waals surface area contributed by atoms with Crippen molar-refractivity contribution in [1.29, 1.82) is 0 Å². The zero-order valence-electron chi connectivity index (χ0n) is 13.9. The van der Waals surface area contributed by atoms with E-state index in [0.29, 0.717) is 18.3 Å². The van der Waals surface area contributed by atoms with Gasteiger partial charge in [-0.2, -0.15) is 4.98 Å². The molecule has 4 rings (SSSR count). The predicted molar refractivity (Wildman–Crippen MR) is 89.3 cm³/mol. The molecule has 1 aliphatic heterocycles. The summed E-state index contributed by atoms with van der Waals surface area (Å²) in [5, 5.41) is 4.00. The van der Waals surface area contributed by atoms with Crippen LogP contribution in [0.4, 0.5) is 0 Å². The predicted octanol–water partition coefficient (Wildman–Crippen LogP) is 2.91. The van der Waals surface area contributed by atoms with E-state index in [4.69, 9.17) is 13.7 Å². The summed E-state index contributed by atoms with van der Waals surface area (Å²) in [6, 6.07) is 7.62. The topological polar surface area (TPSA) is 77.4 Å². The second-order valence-electron chi connectivity index (χ2n) is 6.14. The monoisotopic (exact) mass is 340 g/mol. The van der Waals surface area contributed by atoms with Gasteiger partial charge in [-0.1, -0.05) is 5.16 Å². The van der Waals surface area contributed by atoms with Gasteiger partial charge in [-0.25, -0.2) is 0 Å². The number of furan rings is 1. The Labute approximate surface area is 145 Å². The SMILES string of the molecule is c1coc(CN2CCCC(OCc3nc(-c4ccncc4)no3)C2)c1. The van der Waals surface area contributed by atoms with E-state index >= 15 is 0 Å². The normalized spacial score (nSPS) is 18.5. The lowest BCUT2D eigenvalue weighted by Crippen LogP contribution is -2.39. The summed E-state index contributed by atoms with van der Waals surface area (Å²) in [7, 11) is 0. The maximum absolute atomic E-state index is 5.99. The van der Waals surface area contributed by atoms with Crippen molar-refractivity contribution in [3.05, 3.63) is 54.6 Å². The standard InChI is InChI=1S/C18H20N4O3/c1-3-16(12-22(9-1)11-15-4-2-10-23-15)24-13-17-20-18(21-25-17)14-5-7-19-8-6-14/h2,4-8,10,16H,1,3,9,11-13H2. The van der Waals surface area contributed by atoms with E-state index in [1.807, 2.05) is 24.3 Å². The molecule has 7 nitrogen and oxygen atoms in total. The average molecular weight is 340 g/mol. The van der Waals surface area contributed by atoms with Crippen LogP contribution in [0.1, 0.15) is 24.5 Å². The highest BCUT2D eigenvalue weighted by molar-refractivity contribution is 5.52. The van der Waals surface area contributed by atoms with Gasteiger partial charge in [-0.15, -0.1) is 0 Å². The van der Waals surface area contributed by atoms with Crippen LogP contribution in [0.5, 0.6) is 0 Å². The molecule has 7 heteroatoms. The fraction of sp³-hybridized carbons (Fsp3) is 0.389. The summed E-state index contributed by atoms with van der Waals surface area (Å²) in [6.45, 7) is 3.09. The van der Waals surface area contributed by atoms with E-state index in [1.165, 1.54) is 0 Å². The van der Waals surface area contributed by atoms with Crippen molar-refractivity contribution in [2.75, 3.05) is 13.1 Å². The molecule has 0 saturated carbocycles. The Morgan fingerprint density at radius 2 is 2.16 bits per heavy atom. The number of rotatable bonds is 6. The summed E-state index contributed by atoms with van der Waals surface area (Å²) in [5.41, 5.74) is 0.882. The summed E-state index contributed by atoms with van der Waals surface area (Å²) in [5.74, 6) is 2.04. The van der Waals surface area contributed by atoms with Crippen LogP contribution >= 0.6 is 0 Å². The first-order valence-electron chi connectivity index (χ1n) is 8.46. The number of hydrogen-bond acceptors (Lipinski definition) is 7.